The molecule has 2 aliphatic heterocycles. The highest BCUT2D eigenvalue weighted by Gasteiger charge is 2.35. The molecule has 3 aliphatic rings. The molecule has 4 nitrogen and oxygen atoms in total. The van der Waals surface area contributed by atoms with Crippen molar-refractivity contribution in [2.45, 2.75) is 50.4 Å². The van der Waals surface area contributed by atoms with Crippen molar-refractivity contribution in [2.75, 3.05) is 19.7 Å². The molecule has 0 saturated carbocycles. The number of ether oxygens (including phenoxy) is 1. The first-order chi connectivity index (χ1) is 9.31. The van der Waals surface area contributed by atoms with Gasteiger partial charge >= 0.3 is 0 Å². The molecule has 3 unspecified atom stereocenters. The van der Waals surface area contributed by atoms with Crippen molar-refractivity contribution in [2.24, 2.45) is 0 Å². The average molecular weight is 280 g/mol. The van der Waals surface area contributed by atoms with Crippen LogP contribution in [0.15, 0.2) is 0 Å². The van der Waals surface area contributed by atoms with Gasteiger partial charge in [-0.2, -0.15) is 0 Å². The Morgan fingerprint density at radius 3 is 3.16 bits per heavy atom. The first-order valence-corrected chi connectivity index (χ1v) is 8.16. The number of morpholine rings is 1. The highest BCUT2D eigenvalue weighted by Crippen LogP contribution is 2.38. The SMILES string of the molecule is OC1CCCc2nc(C3CN4CCCC4CO3)sc21. The van der Waals surface area contributed by atoms with Crippen LogP contribution in [-0.4, -0.2) is 40.7 Å². The number of aliphatic hydroxyl groups excluding tert-OH is 1. The maximum atomic E-state index is 10.0. The van der Waals surface area contributed by atoms with Gasteiger partial charge in [0.25, 0.3) is 0 Å². The van der Waals surface area contributed by atoms with Gasteiger partial charge in [-0.15, -0.1) is 11.3 Å². The number of thiazole rings is 1. The molecule has 0 radical (unpaired) electrons. The number of aliphatic hydroxyl groups is 1. The van der Waals surface area contributed by atoms with E-state index in [0.717, 1.165) is 48.0 Å². The van der Waals surface area contributed by atoms with E-state index in [2.05, 4.69) is 4.90 Å². The summed E-state index contributed by atoms with van der Waals surface area (Å²) in [6.45, 7) is 3.03. The Kier molecular flexibility index (Phi) is 3.10. The van der Waals surface area contributed by atoms with Crippen LogP contribution >= 0.6 is 11.3 Å². The zero-order valence-electron chi connectivity index (χ0n) is 11.0. The van der Waals surface area contributed by atoms with E-state index >= 15 is 0 Å². The fraction of sp³-hybridized carbons (Fsp3) is 0.786. The third kappa shape index (κ3) is 2.13. The van der Waals surface area contributed by atoms with Crippen LogP contribution in [0.1, 0.15) is 53.5 Å². The van der Waals surface area contributed by atoms with Crippen molar-refractivity contribution in [3.63, 3.8) is 0 Å². The third-order valence-corrected chi connectivity index (χ3v) is 5.89. The zero-order valence-corrected chi connectivity index (χ0v) is 11.9. The van der Waals surface area contributed by atoms with Crippen molar-refractivity contribution in [3.8, 4) is 0 Å². The van der Waals surface area contributed by atoms with Crippen molar-refractivity contribution in [1.29, 1.82) is 0 Å². The lowest BCUT2D eigenvalue weighted by atomic mass is 10.0. The van der Waals surface area contributed by atoms with Crippen LogP contribution in [0.25, 0.3) is 0 Å². The highest BCUT2D eigenvalue weighted by atomic mass is 32.1. The second-order valence-electron chi connectivity index (χ2n) is 5.88. The molecule has 1 aliphatic carbocycles. The minimum Gasteiger partial charge on any atom is -0.388 e. The lowest BCUT2D eigenvalue weighted by Gasteiger charge is -2.34. The Bertz CT molecular complexity index is 476. The molecule has 3 atom stereocenters. The number of hydrogen-bond acceptors (Lipinski definition) is 5. The monoisotopic (exact) mass is 280 g/mol. The van der Waals surface area contributed by atoms with Gasteiger partial charge in [0.15, 0.2) is 0 Å². The van der Waals surface area contributed by atoms with E-state index < -0.39 is 0 Å². The average Bonchev–Trinajstić information content (AvgIpc) is 3.04. The largest absolute Gasteiger partial charge is 0.388 e. The van der Waals surface area contributed by atoms with E-state index in [9.17, 15) is 5.11 Å². The number of aromatic nitrogens is 1. The van der Waals surface area contributed by atoms with Crippen LogP contribution < -0.4 is 0 Å². The van der Waals surface area contributed by atoms with Gasteiger partial charge in [-0.05, 0) is 38.6 Å². The Morgan fingerprint density at radius 1 is 1.32 bits per heavy atom. The summed E-state index contributed by atoms with van der Waals surface area (Å²) in [5.41, 5.74) is 1.12. The summed E-state index contributed by atoms with van der Waals surface area (Å²) >= 11 is 1.67. The second kappa shape index (κ2) is 4.81. The molecule has 2 saturated heterocycles. The molecule has 1 aromatic rings. The number of aryl methyl sites for hydroxylation is 1. The lowest BCUT2D eigenvalue weighted by Crippen LogP contribution is -2.42. The molecular weight excluding hydrogens is 260 g/mol. The Balaban J connectivity index is 1.56. The molecule has 2 fully saturated rings. The summed E-state index contributed by atoms with van der Waals surface area (Å²) in [7, 11) is 0. The minimum atomic E-state index is -0.293. The quantitative estimate of drug-likeness (QED) is 0.855. The summed E-state index contributed by atoms with van der Waals surface area (Å²) in [4.78, 5) is 8.38. The lowest BCUT2D eigenvalue weighted by molar-refractivity contribution is -0.0502. The number of rotatable bonds is 1. The molecule has 0 spiro atoms. The van der Waals surface area contributed by atoms with Gasteiger partial charge in [-0.3, -0.25) is 4.90 Å². The Hall–Kier alpha value is -0.490. The van der Waals surface area contributed by atoms with Crippen LogP contribution in [0, 0.1) is 0 Å². The smallest absolute Gasteiger partial charge is 0.123 e. The normalized spacial score (nSPS) is 35.1. The zero-order chi connectivity index (χ0) is 12.8. The number of hydrogen-bond donors (Lipinski definition) is 1. The molecule has 0 bridgehead atoms. The van der Waals surface area contributed by atoms with E-state index in [1.54, 1.807) is 11.3 Å². The minimum absolute atomic E-state index is 0.122. The van der Waals surface area contributed by atoms with Crippen LogP contribution in [0.4, 0.5) is 0 Å². The molecule has 5 heteroatoms. The van der Waals surface area contributed by atoms with Crippen molar-refractivity contribution in [1.82, 2.24) is 9.88 Å². The van der Waals surface area contributed by atoms with E-state index in [1.165, 1.54) is 19.4 Å². The molecule has 1 aromatic heterocycles. The van der Waals surface area contributed by atoms with Crippen LogP contribution in [-0.2, 0) is 11.2 Å². The predicted octanol–water partition coefficient (Wildman–Crippen LogP) is 2.05. The highest BCUT2D eigenvalue weighted by molar-refractivity contribution is 7.11. The summed E-state index contributed by atoms with van der Waals surface area (Å²) in [6, 6.07) is 0.636. The molecule has 4 rings (SSSR count). The fourth-order valence-electron chi connectivity index (χ4n) is 3.52. The maximum absolute atomic E-state index is 10.0. The Labute approximate surface area is 117 Å². The Morgan fingerprint density at radius 2 is 2.26 bits per heavy atom. The van der Waals surface area contributed by atoms with E-state index in [-0.39, 0.29) is 12.2 Å². The van der Waals surface area contributed by atoms with Gasteiger partial charge in [0, 0.05) is 12.6 Å². The van der Waals surface area contributed by atoms with Gasteiger partial charge in [-0.1, -0.05) is 0 Å². The van der Waals surface area contributed by atoms with Gasteiger partial charge in [-0.25, -0.2) is 4.98 Å². The number of nitrogens with zero attached hydrogens (tertiary/aromatic N) is 2. The van der Waals surface area contributed by atoms with Crippen LogP contribution in [0.5, 0.6) is 0 Å². The molecule has 3 heterocycles. The van der Waals surface area contributed by atoms with Crippen molar-refractivity contribution < 1.29 is 9.84 Å². The van der Waals surface area contributed by atoms with E-state index in [4.69, 9.17) is 9.72 Å². The summed E-state index contributed by atoms with van der Waals surface area (Å²) in [5, 5.41) is 11.1. The maximum Gasteiger partial charge on any atom is 0.123 e. The predicted molar refractivity (Wildman–Crippen MR) is 73.3 cm³/mol. The second-order valence-corrected chi connectivity index (χ2v) is 6.95. The van der Waals surface area contributed by atoms with Gasteiger partial charge < -0.3 is 9.84 Å². The molecule has 19 heavy (non-hydrogen) atoms. The number of fused-ring (bicyclic) bond motifs is 2. The third-order valence-electron chi connectivity index (χ3n) is 4.60. The fourth-order valence-corrected chi connectivity index (χ4v) is 4.69. The summed E-state index contributed by atoms with van der Waals surface area (Å²) < 4.78 is 6.02. The summed E-state index contributed by atoms with van der Waals surface area (Å²) in [5.74, 6) is 0. The van der Waals surface area contributed by atoms with Gasteiger partial charge in [0.2, 0.25) is 0 Å². The van der Waals surface area contributed by atoms with Crippen molar-refractivity contribution >= 4 is 11.3 Å². The van der Waals surface area contributed by atoms with Crippen LogP contribution in [0.3, 0.4) is 0 Å². The van der Waals surface area contributed by atoms with Gasteiger partial charge in [0.1, 0.15) is 11.1 Å². The topological polar surface area (TPSA) is 45.6 Å². The van der Waals surface area contributed by atoms with Crippen LogP contribution in [0.2, 0.25) is 0 Å². The molecule has 0 amide bonds. The molecular formula is C14H20N2O2S. The first-order valence-electron chi connectivity index (χ1n) is 7.34. The summed E-state index contributed by atoms with van der Waals surface area (Å²) in [6.07, 6.45) is 5.36. The van der Waals surface area contributed by atoms with Gasteiger partial charge in [0.05, 0.1) is 23.3 Å². The molecule has 1 N–H and O–H groups in total. The van der Waals surface area contributed by atoms with E-state index in [1.807, 2.05) is 0 Å². The van der Waals surface area contributed by atoms with Crippen molar-refractivity contribution in [3.05, 3.63) is 15.6 Å². The molecule has 104 valence electrons. The standard InChI is InChI=1S/C14H20N2O2S/c17-11-5-1-4-10-13(11)19-14(15-10)12-7-16-6-2-3-9(16)8-18-12/h9,11-12,17H,1-8H2. The molecule has 0 aromatic carbocycles. The first kappa shape index (κ1) is 12.3. The van der Waals surface area contributed by atoms with E-state index in [0.29, 0.717) is 6.04 Å².